The Morgan fingerprint density at radius 1 is 1.12 bits per heavy atom. The molecule has 0 aromatic heterocycles. The Morgan fingerprint density at radius 3 is 2.54 bits per heavy atom. The monoisotopic (exact) mass is 380 g/mol. The Hall–Kier alpha value is -0.110. The summed E-state index contributed by atoms with van der Waals surface area (Å²) in [4.78, 5) is 9.60. The summed E-state index contributed by atoms with van der Waals surface area (Å²) in [7, 11) is -2.50. The zero-order chi connectivity index (χ0) is 18.7. The van der Waals surface area contributed by atoms with Crippen LogP contribution in [0.5, 0.6) is 0 Å². The van der Waals surface area contributed by atoms with Crippen LogP contribution in [0.3, 0.4) is 0 Å². The van der Waals surface area contributed by atoms with Crippen LogP contribution >= 0.6 is 8.03 Å². The maximum Gasteiger partial charge on any atom is 0.213 e. The Morgan fingerprint density at radius 2 is 1.85 bits per heavy atom. The quantitative estimate of drug-likeness (QED) is 0.659. The highest BCUT2D eigenvalue weighted by Crippen LogP contribution is 2.68. The fourth-order valence-electron chi connectivity index (χ4n) is 8.14. The molecule has 0 bridgehead atoms. The molecule has 0 heterocycles. The van der Waals surface area contributed by atoms with Gasteiger partial charge in [-0.2, -0.15) is 0 Å². The average molecular weight is 381 g/mol. The molecule has 3 nitrogen and oxygen atoms in total. The van der Waals surface area contributed by atoms with E-state index in [1.54, 1.807) is 0 Å². The summed E-state index contributed by atoms with van der Waals surface area (Å²) in [6.45, 7) is 7.59. The molecule has 0 saturated heterocycles. The Kier molecular flexibility index (Phi) is 4.99. The Labute approximate surface area is 159 Å². The standard InChI is InChI=1S/C22H37O3P/c1-14(13-23)18-6-7-19-17-5-4-15-12-16(26(24)25)8-10-21(15,2)20(17)9-11-22(18,19)3/h12,14-15,17-20,23,26H,4-11,13H2,1-3H3,(H,24,25)/t14-,15+,17+,18-,19+,20+,21+,22-/m1/s1. The second-order valence-electron chi connectivity index (χ2n) is 10.5. The van der Waals surface area contributed by atoms with Crippen molar-refractivity contribution in [1.82, 2.24) is 0 Å². The van der Waals surface area contributed by atoms with Crippen molar-refractivity contribution in [1.29, 1.82) is 0 Å². The zero-order valence-electron chi connectivity index (χ0n) is 16.7. The second kappa shape index (κ2) is 6.75. The third kappa shape index (κ3) is 2.72. The van der Waals surface area contributed by atoms with Crippen LogP contribution in [0.15, 0.2) is 11.4 Å². The summed E-state index contributed by atoms with van der Waals surface area (Å²) in [5.41, 5.74) is 0.740. The lowest BCUT2D eigenvalue weighted by atomic mass is 9.45. The first-order valence-electron chi connectivity index (χ1n) is 10.9. The zero-order valence-corrected chi connectivity index (χ0v) is 17.7. The summed E-state index contributed by atoms with van der Waals surface area (Å²) in [5.74, 6) is 4.04. The molecule has 4 aliphatic rings. The van der Waals surface area contributed by atoms with Gasteiger partial charge in [-0.25, -0.2) is 0 Å². The van der Waals surface area contributed by atoms with E-state index >= 15 is 0 Å². The summed E-state index contributed by atoms with van der Waals surface area (Å²) < 4.78 is 11.6. The van der Waals surface area contributed by atoms with Crippen LogP contribution < -0.4 is 0 Å². The van der Waals surface area contributed by atoms with Gasteiger partial charge in [0, 0.05) is 11.9 Å². The molecule has 3 saturated carbocycles. The number of hydrogen-bond donors (Lipinski definition) is 2. The van der Waals surface area contributed by atoms with E-state index in [2.05, 4.69) is 26.8 Å². The molecule has 4 heteroatoms. The van der Waals surface area contributed by atoms with Crippen molar-refractivity contribution in [2.45, 2.75) is 72.1 Å². The molecule has 0 spiro atoms. The molecular weight excluding hydrogens is 343 g/mol. The van der Waals surface area contributed by atoms with Crippen molar-refractivity contribution in [3.8, 4) is 0 Å². The van der Waals surface area contributed by atoms with Crippen molar-refractivity contribution >= 4 is 8.03 Å². The number of allylic oxidation sites excluding steroid dienone is 2. The molecule has 1 unspecified atom stereocenters. The number of hydrogen-bond acceptors (Lipinski definition) is 2. The first kappa shape index (κ1) is 19.2. The van der Waals surface area contributed by atoms with Gasteiger partial charge in [0.1, 0.15) is 0 Å². The highest BCUT2D eigenvalue weighted by atomic mass is 31.1. The SMILES string of the molecule is C[C@H](CO)[C@H]1CC[C@H]2[C@@H]3CC[C@H]4C=C([PH](=O)O)CC[C@]4(C)[C@H]3CC[C@]12C. The van der Waals surface area contributed by atoms with E-state index in [9.17, 15) is 14.6 Å². The molecular formula is C22H37O3P. The van der Waals surface area contributed by atoms with Gasteiger partial charge in [-0.05, 0) is 97.7 Å². The van der Waals surface area contributed by atoms with E-state index in [-0.39, 0.29) is 0 Å². The van der Waals surface area contributed by atoms with Gasteiger partial charge in [0.05, 0.1) is 0 Å². The first-order chi connectivity index (χ1) is 12.3. The summed E-state index contributed by atoms with van der Waals surface area (Å²) in [5, 5.41) is 10.6. The van der Waals surface area contributed by atoms with Gasteiger partial charge in [0.15, 0.2) is 0 Å². The van der Waals surface area contributed by atoms with Crippen LogP contribution in [0.4, 0.5) is 0 Å². The van der Waals surface area contributed by atoms with E-state index in [4.69, 9.17) is 0 Å². The van der Waals surface area contributed by atoms with Gasteiger partial charge >= 0.3 is 0 Å². The van der Waals surface area contributed by atoms with Gasteiger partial charge in [0.2, 0.25) is 8.03 Å². The highest BCUT2D eigenvalue weighted by Gasteiger charge is 2.60. The van der Waals surface area contributed by atoms with Gasteiger partial charge < -0.3 is 10.00 Å². The molecule has 0 aliphatic heterocycles. The molecule has 0 radical (unpaired) electrons. The van der Waals surface area contributed by atoms with Crippen LogP contribution in [0, 0.1) is 46.3 Å². The molecule has 3 fully saturated rings. The smallest absolute Gasteiger partial charge is 0.213 e. The lowest BCUT2D eigenvalue weighted by Gasteiger charge is -2.60. The van der Waals surface area contributed by atoms with Crippen molar-refractivity contribution < 1.29 is 14.6 Å². The van der Waals surface area contributed by atoms with Gasteiger partial charge in [-0.3, -0.25) is 4.57 Å². The summed E-state index contributed by atoms with van der Waals surface area (Å²) in [6, 6.07) is 0. The topological polar surface area (TPSA) is 57.5 Å². The minimum Gasteiger partial charge on any atom is -0.396 e. The average Bonchev–Trinajstić information content (AvgIpc) is 2.97. The van der Waals surface area contributed by atoms with Crippen molar-refractivity contribution in [2.75, 3.05) is 6.61 Å². The third-order valence-electron chi connectivity index (χ3n) is 9.60. The van der Waals surface area contributed by atoms with Crippen molar-refractivity contribution in [3.63, 3.8) is 0 Å². The van der Waals surface area contributed by atoms with Gasteiger partial charge in [-0.1, -0.05) is 26.8 Å². The fraction of sp³-hybridized carbons (Fsp3) is 0.909. The lowest BCUT2D eigenvalue weighted by molar-refractivity contribution is -0.0972. The number of aliphatic hydroxyl groups excluding tert-OH is 1. The predicted octanol–water partition coefficient (Wildman–Crippen LogP) is 5.23. The van der Waals surface area contributed by atoms with Crippen LogP contribution in [0.1, 0.15) is 72.1 Å². The van der Waals surface area contributed by atoms with E-state index in [0.717, 1.165) is 35.9 Å². The first-order valence-corrected chi connectivity index (χ1v) is 12.2. The van der Waals surface area contributed by atoms with Crippen LogP contribution in [0.2, 0.25) is 0 Å². The highest BCUT2D eigenvalue weighted by molar-refractivity contribution is 7.43. The molecule has 4 rings (SSSR count). The molecule has 0 aromatic carbocycles. The largest absolute Gasteiger partial charge is 0.396 e. The minimum absolute atomic E-state index is 0.325. The van der Waals surface area contributed by atoms with E-state index in [1.807, 2.05) is 0 Å². The molecule has 26 heavy (non-hydrogen) atoms. The number of aliphatic hydroxyl groups is 1. The fourth-order valence-corrected chi connectivity index (χ4v) is 8.82. The molecule has 0 aromatic rings. The van der Waals surface area contributed by atoms with Crippen molar-refractivity contribution in [2.24, 2.45) is 46.3 Å². The molecule has 0 amide bonds. The van der Waals surface area contributed by atoms with E-state index in [1.165, 1.54) is 38.5 Å². The molecule has 4 aliphatic carbocycles. The van der Waals surface area contributed by atoms with Crippen LogP contribution in [-0.4, -0.2) is 16.6 Å². The van der Waals surface area contributed by atoms with Gasteiger partial charge in [0.25, 0.3) is 0 Å². The Balaban J connectivity index is 1.60. The predicted molar refractivity (Wildman–Crippen MR) is 106 cm³/mol. The van der Waals surface area contributed by atoms with Crippen molar-refractivity contribution in [3.05, 3.63) is 11.4 Å². The lowest BCUT2D eigenvalue weighted by Crippen LogP contribution is -2.52. The molecule has 9 atom stereocenters. The summed E-state index contributed by atoms with van der Waals surface area (Å²) in [6.07, 6.45) is 11.9. The molecule has 148 valence electrons. The second-order valence-corrected chi connectivity index (χ2v) is 11.7. The summed E-state index contributed by atoms with van der Waals surface area (Å²) >= 11 is 0. The third-order valence-corrected chi connectivity index (χ3v) is 10.6. The van der Waals surface area contributed by atoms with Crippen LogP contribution in [0.25, 0.3) is 0 Å². The Bertz CT molecular complexity index is 617. The number of fused-ring (bicyclic) bond motifs is 5. The van der Waals surface area contributed by atoms with Gasteiger partial charge in [-0.15, -0.1) is 0 Å². The van der Waals surface area contributed by atoms with E-state index in [0.29, 0.717) is 35.2 Å². The van der Waals surface area contributed by atoms with E-state index < -0.39 is 8.03 Å². The minimum atomic E-state index is -2.50. The number of rotatable bonds is 3. The normalized spacial score (nSPS) is 50.2. The molecule has 2 N–H and O–H groups in total. The maximum atomic E-state index is 11.6. The maximum absolute atomic E-state index is 11.6. The van der Waals surface area contributed by atoms with Crippen LogP contribution in [-0.2, 0) is 4.57 Å².